The lowest BCUT2D eigenvalue weighted by atomic mass is 10.2. The monoisotopic (exact) mass is 459 g/mol. The molecule has 0 aliphatic rings. The molecule has 1 N–H and O–H groups in total. The number of para-hydroxylation sites is 1. The molecular weight excluding hydrogens is 438 g/mol. The molecule has 2 aromatic carbocycles. The van der Waals surface area contributed by atoms with Crippen LogP contribution in [-0.4, -0.2) is 31.8 Å². The molecule has 8 nitrogen and oxygen atoms in total. The summed E-state index contributed by atoms with van der Waals surface area (Å²) in [5.74, 6) is -0.717. The highest BCUT2D eigenvalue weighted by atomic mass is 32.2. The molecule has 0 saturated carbocycles. The average Bonchev–Trinajstić information content (AvgIpc) is 3.21. The van der Waals surface area contributed by atoms with Crippen LogP contribution < -0.4 is 9.62 Å². The van der Waals surface area contributed by atoms with Crippen molar-refractivity contribution in [3.63, 3.8) is 0 Å². The number of amides is 1. The number of anilines is 2. The molecular formula is C21H21N3O5S2. The van der Waals surface area contributed by atoms with Gasteiger partial charge in [-0.1, -0.05) is 18.2 Å². The second kappa shape index (κ2) is 9.71. The number of rotatable bonds is 8. The highest BCUT2D eigenvalue weighted by Gasteiger charge is 2.17. The minimum atomic E-state index is -3.77. The van der Waals surface area contributed by atoms with Crippen molar-refractivity contribution in [2.75, 3.05) is 16.2 Å². The lowest BCUT2D eigenvalue weighted by Gasteiger charge is -2.14. The number of nitrogens with zero attached hydrogens (tertiary/aromatic N) is 2. The van der Waals surface area contributed by atoms with Gasteiger partial charge in [0.25, 0.3) is 10.0 Å². The van der Waals surface area contributed by atoms with E-state index in [1.165, 1.54) is 47.4 Å². The smallest absolute Gasteiger partial charge is 0.338 e. The van der Waals surface area contributed by atoms with Crippen LogP contribution in [-0.2, 0) is 26.2 Å². The van der Waals surface area contributed by atoms with Crippen molar-refractivity contribution in [3.05, 3.63) is 71.2 Å². The van der Waals surface area contributed by atoms with Crippen LogP contribution in [0.1, 0.15) is 29.9 Å². The Morgan fingerprint density at radius 3 is 2.39 bits per heavy atom. The second-order valence-electron chi connectivity index (χ2n) is 6.46. The molecule has 0 radical (unpaired) electrons. The van der Waals surface area contributed by atoms with Crippen LogP contribution in [0.5, 0.6) is 0 Å². The van der Waals surface area contributed by atoms with Gasteiger partial charge in [0.2, 0.25) is 5.91 Å². The topological polar surface area (TPSA) is 106 Å². The van der Waals surface area contributed by atoms with Gasteiger partial charge in [0, 0.05) is 24.5 Å². The number of carbonyl (C=O) groups excluding carboxylic acids is 2. The molecule has 162 valence electrons. The number of aromatic nitrogens is 1. The number of hydrogen-bond acceptors (Lipinski definition) is 7. The molecule has 1 heterocycles. The van der Waals surface area contributed by atoms with Crippen molar-refractivity contribution >= 4 is 44.1 Å². The maximum absolute atomic E-state index is 12.5. The van der Waals surface area contributed by atoms with Gasteiger partial charge in [-0.2, -0.15) is 0 Å². The van der Waals surface area contributed by atoms with Crippen molar-refractivity contribution in [1.82, 2.24) is 4.98 Å². The maximum Gasteiger partial charge on any atom is 0.338 e. The molecule has 31 heavy (non-hydrogen) atoms. The van der Waals surface area contributed by atoms with Crippen LogP contribution in [0.2, 0.25) is 0 Å². The normalized spacial score (nSPS) is 11.0. The lowest BCUT2D eigenvalue weighted by Crippen LogP contribution is -2.27. The minimum Gasteiger partial charge on any atom is -0.456 e. The van der Waals surface area contributed by atoms with E-state index >= 15 is 0 Å². The number of esters is 1. The van der Waals surface area contributed by atoms with E-state index in [2.05, 4.69) is 9.71 Å². The predicted octanol–water partition coefficient (Wildman–Crippen LogP) is 3.67. The Bertz CT molecular complexity index is 1160. The summed E-state index contributed by atoms with van der Waals surface area (Å²) < 4.78 is 32.7. The van der Waals surface area contributed by atoms with E-state index in [0.717, 1.165) is 0 Å². The van der Waals surface area contributed by atoms with Gasteiger partial charge < -0.3 is 4.74 Å². The molecule has 0 saturated heterocycles. The summed E-state index contributed by atoms with van der Waals surface area (Å²) in [6.07, 6.45) is 0. The van der Waals surface area contributed by atoms with Gasteiger partial charge in [0.1, 0.15) is 6.61 Å². The van der Waals surface area contributed by atoms with Gasteiger partial charge in [-0.05, 0) is 43.3 Å². The van der Waals surface area contributed by atoms with Gasteiger partial charge in [0.05, 0.1) is 16.2 Å². The first-order chi connectivity index (χ1) is 14.8. The van der Waals surface area contributed by atoms with Crippen LogP contribution in [0.3, 0.4) is 0 Å². The van der Waals surface area contributed by atoms with Crippen LogP contribution in [0.4, 0.5) is 10.8 Å². The number of nitrogens with one attached hydrogen (secondary N) is 1. The molecule has 0 atom stereocenters. The molecule has 0 bridgehead atoms. The summed E-state index contributed by atoms with van der Waals surface area (Å²) in [6.45, 7) is 3.75. The van der Waals surface area contributed by atoms with E-state index in [1.54, 1.807) is 35.7 Å². The fourth-order valence-electron chi connectivity index (χ4n) is 2.69. The lowest BCUT2D eigenvalue weighted by molar-refractivity contribution is -0.116. The molecule has 0 fully saturated rings. The molecule has 0 aliphatic heterocycles. The Hall–Kier alpha value is -3.24. The summed E-state index contributed by atoms with van der Waals surface area (Å²) in [5.41, 5.74) is 1.19. The number of sulfonamides is 1. The standard InChI is InChI=1S/C21H21N3O5S2/c1-3-24(15(2)25)21-22-18(14-30-21)13-29-20(26)16-9-11-19(12-10-16)31(27,28)23-17-7-5-4-6-8-17/h4-12,14,23H,3,13H2,1-2H3. The Kier molecular flexibility index (Phi) is 7.03. The third-order valence-electron chi connectivity index (χ3n) is 4.24. The van der Waals surface area contributed by atoms with Crippen molar-refractivity contribution in [2.45, 2.75) is 25.3 Å². The van der Waals surface area contributed by atoms with Crippen LogP contribution in [0, 0.1) is 0 Å². The number of thiazole rings is 1. The Morgan fingerprint density at radius 2 is 1.77 bits per heavy atom. The van der Waals surface area contributed by atoms with E-state index in [9.17, 15) is 18.0 Å². The summed E-state index contributed by atoms with van der Waals surface area (Å²) in [5, 5.41) is 2.26. The first-order valence-corrected chi connectivity index (χ1v) is 11.7. The zero-order valence-electron chi connectivity index (χ0n) is 16.9. The molecule has 0 spiro atoms. The maximum atomic E-state index is 12.5. The van der Waals surface area contributed by atoms with Crippen molar-refractivity contribution in [2.24, 2.45) is 0 Å². The van der Waals surface area contributed by atoms with E-state index in [4.69, 9.17) is 4.74 Å². The summed E-state index contributed by atoms with van der Waals surface area (Å²) in [6, 6.07) is 14.0. The van der Waals surface area contributed by atoms with E-state index in [-0.39, 0.29) is 23.0 Å². The highest BCUT2D eigenvalue weighted by Crippen LogP contribution is 2.22. The van der Waals surface area contributed by atoms with Crippen molar-refractivity contribution in [3.8, 4) is 0 Å². The zero-order chi connectivity index (χ0) is 22.4. The number of ether oxygens (including phenoxy) is 1. The number of benzene rings is 2. The Balaban J connectivity index is 1.62. The molecule has 3 aromatic rings. The summed E-state index contributed by atoms with van der Waals surface area (Å²) in [4.78, 5) is 29.8. The largest absolute Gasteiger partial charge is 0.456 e. The second-order valence-corrected chi connectivity index (χ2v) is 8.98. The van der Waals surface area contributed by atoms with Gasteiger partial charge in [-0.3, -0.25) is 14.4 Å². The van der Waals surface area contributed by atoms with E-state index in [0.29, 0.717) is 23.1 Å². The molecule has 3 rings (SSSR count). The van der Waals surface area contributed by atoms with Crippen LogP contribution >= 0.6 is 11.3 Å². The third-order valence-corrected chi connectivity index (χ3v) is 6.55. The molecule has 0 aliphatic carbocycles. The minimum absolute atomic E-state index is 0.0286. The average molecular weight is 460 g/mol. The van der Waals surface area contributed by atoms with Crippen LogP contribution in [0.25, 0.3) is 0 Å². The van der Waals surface area contributed by atoms with Crippen molar-refractivity contribution < 1.29 is 22.7 Å². The van der Waals surface area contributed by atoms with Crippen LogP contribution in [0.15, 0.2) is 64.9 Å². The van der Waals surface area contributed by atoms with Gasteiger partial charge in [0.15, 0.2) is 5.13 Å². The summed E-state index contributed by atoms with van der Waals surface area (Å²) >= 11 is 1.29. The van der Waals surface area contributed by atoms with Gasteiger partial charge >= 0.3 is 5.97 Å². The SMILES string of the molecule is CCN(C(C)=O)c1nc(COC(=O)c2ccc(S(=O)(=O)Nc3ccccc3)cc2)cs1. The van der Waals surface area contributed by atoms with Crippen molar-refractivity contribution in [1.29, 1.82) is 0 Å². The first-order valence-electron chi connectivity index (χ1n) is 9.37. The zero-order valence-corrected chi connectivity index (χ0v) is 18.6. The molecule has 10 heteroatoms. The quantitative estimate of drug-likeness (QED) is 0.515. The summed E-state index contributed by atoms with van der Waals surface area (Å²) in [7, 11) is -3.77. The molecule has 0 unspecified atom stereocenters. The molecule has 1 amide bonds. The third kappa shape index (κ3) is 5.68. The highest BCUT2D eigenvalue weighted by molar-refractivity contribution is 7.92. The first kappa shape index (κ1) is 22.4. The van der Waals surface area contributed by atoms with Gasteiger partial charge in [-0.25, -0.2) is 18.2 Å². The van der Waals surface area contributed by atoms with E-state index < -0.39 is 16.0 Å². The Labute approximate surface area is 184 Å². The van der Waals surface area contributed by atoms with Gasteiger partial charge in [-0.15, -0.1) is 11.3 Å². The fourth-order valence-corrected chi connectivity index (χ4v) is 4.67. The number of carbonyl (C=O) groups is 2. The van der Waals surface area contributed by atoms with E-state index in [1.807, 2.05) is 6.92 Å². The number of hydrogen-bond donors (Lipinski definition) is 1. The predicted molar refractivity (Wildman–Crippen MR) is 119 cm³/mol. The Morgan fingerprint density at radius 1 is 1.10 bits per heavy atom. The fraction of sp³-hybridized carbons (Fsp3) is 0.190. The molecule has 1 aromatic heterocycles.